The van der Waals surface area contributed by atoms with E-state index < -0.39 is 0 Å². The van der Waals surface area contributed by atoms with Gasteiger partial charge in [0.2, 0.25) is 0 Å². The van der Waals surface area contributed by atoms with E-state index in [-0.39, 0.29) is 5.91 Å². The molecule has 0 atom stereocenters. The van der Waals surface area contributed by atoms with Crippen molar-refractivity contribution in [3.63, 3.8) is 0 Å². The van der Waals surface area contributed by atoms with Gasteiger partial charge in [0.15, 0.2) is 0 Å². The Kier molecular flexibility index (Phi) is 4.63. The molecule has 0 unspecified atom stereocenters. The van der Waals surface area contributed by atoms with Gasteiger partial charge in [0.25, 0.3) is 5.91 Å². The molecule has 0 aliphatic heterocycles. The smallest absolute Gasteiger partial charge is 0.256 e. The monoisotopic (exact) mass is 348 g/mol. The van der Waals surface area contributed by atoms with Crippen LogP contribution in [0.4, 0.5) is 5.69 Å². The Balaban J connectivity index is 1.58. The van der Waals surface area contributed by atoms with E-state index in [0.29, 0.717) is 11.3 Å². The molecule has 128 valence electrons. The van der Waals surface area contributed by atoms with Gasteiger partial charge in [-0.1, -0.05) is 48.2 Å². The van der Waals surface area contributed by atoms with Crippen LogP contribution in [-0.2, 0) is 0 Å². The van der Waals surface area contributed by atoms with Gasteiger partial charge < -0.3 is 5.32 Å². The number of amides is 1. The highest BCUT2D eigenvalue weighted by molar-refractivity contribution is 6.12. The van der Waals surface area contributed by atoms with Crippen molar-refractivity contribution in [2.24, 2.45) is 0 Å². The van der Waals surface area contributed by atoms with Gasteiger partial charge >= 0.3 is 0 Å². The number of nitrogens with zero attached hydrogens (tertiary/aromatic N) is 1. The molecule has 4 aromatic rings. The van der Waals surface area contributed by atoms with Crippen LogP contribution in [-0.4, -0.2) is 10.9 Å². The topological polar surface area (TPSA) is 42.0 Å². The van der Waals surface area contributed by atoms with Crippen molar-refractivity contribution in [2.45, 2.75) is 0 Å². The van der Waals surface area contributed by atoms with E-state index in [1.165, 1.54) is 0 Å². The summed E-state index contributed by atoms with van der Waals surface area (Å²) < 4.78 is 0. The lowest BCUT2D eigenvalue weighted by molar-refractivity contribution is 0.102. The highest BCUT2D eigenvalue weighted by Crippen LogP contribution is 2.18. The van der Waals surface area contributed by atoms with Gasteiger partial charge in [0.1, 0.15) is 0 Å². The molecular weight excluding hydrogens is 332 g/mol. The van der Waals surface area contributed by atoms with Gasteiger partial charge in [0, 0.05) is 34.0 Å². The molecule has 1 amide bonds. The largest absolute Gasteiger partial charge is 0.322 e. The quantitative estimate of drug-likeness (QED) is 0.524. The Bertz CT molecular complexity index is 1170. The molecule has 0 aliphatic carbocycles. The number of anilines is 1. The van der Waals surface area contributed by atoms with Gasteiger partial charge in [-0.15, -0.1) is 0 Å². The summed E-state index contributed by atoms with van der Waals surface area (Å²) in [6.45, 7) is 0. The zero-order valence-electron chi connectivity index (χ0n) is 14.5. The Hall–Kier alpha value is -3.90. The van der Waals surface area contributed by atoms with Crippen molar-refractivity contribution >= 4 is 22.5 Å². The Morgan fingerprint density at radius 2 is 1.56 bits per heavy atom. The van der Waals surface area contributed by atoms with Crippen molar-refractivity contribution < 1.29 is 4.79 Å². The molecule has 0 aliphatic rings. The third kappa shape index (κ3) is 3.86. The lowest BCUT2D eigenvalue weighted by atomic mass is 10.1. The van der Waals surface area contributed by atoms with E-state index in [1.54, 1.807) is 12.3 Å². The average Bonchev–Trinajstić information content (AvgIpc) is 2.73. The third-order valence-corrected chi connectivity index (χ3v) is 4.14. The van der Waals surface area contributed by atoms with Crippen LogP contribution in [0.5, 0.6) is 0 Å². The number of hydrogen-bond donors (Lipinski definition) is 1. The number of benzene rings is 3. The highest BCUT2D eigenvalue weighted by Gasteiger charge is 2.10. The lowest BCUT2D eigenvalue weighted by Gasteiger charge is -2.08. The number of aromatic nitrogens is 1. The second-order valence-corrected chi connectivity index (χ2v) is 6.03. The van der Waals surface area contributed by atoms with Crippen LogP contribution in [0.1, 0.15) is 21.5 Å². The minimum absolute atomic E-state index is 0.165. The molecule has 0 saturated carbocycles. The predicted octanol–water partition coefficient (Wildman–Crippen LogP) is 4.89. The second kappa shape index (κ2) is 7.55. The van der Waals surface area contributed by atoms with Gasteiger partial charge in [0.05, 0.1) is 5.52 Å². The number of pyridine rings is 1. The van der Waals surface area contributed by atoms with Crippen molar-refractivity contribution in [1.82, 2.24) is 4.98 Å². The standard InChI is InChI=1S/C24H16N2O/c27-24(22-11-5-13-23-21(22)12-6-16-25-23)26-20-10-4-9-19(17-20)15-14-18-7-2-1-3-8-18/h1-13,16-17H,(H,26,27). The number of hydrogen-bond acceptors (Lipinski definition) is 2. The van der Waals surface area contributed by atoms with Crippen LogP contribution in [0.15, 0.2) is 91.1 Å². The Morgan fingerprint density at radius 3 is 2.44 bits per heavy atom. The summed E-state index contributed by atoms with van der Waals surface area (Å²) in [4.78, 5) is 17.0. The van der Waals surface area contributed by atoms with Gasteiger partial charge in [-0.2, -0.15) is 0 Å². The SMILES string of the molecule is O=C(Nc1cccc(C#Cc2ccccc2)c1)c1cccc2ncccc12. The first-order chi connectivity index (χ1) is 13.3. The summed E-state index contributed by atoms with van der Waals surface area (Å²) in [5.74, 6) is 6.09. The number of rotatable bonds is 2. The summed E-state index contributed by atoms with van der Waals surface area (Å²) in [6, 6.07) is 26.6. The van der Waals surface area contributed by atoms with E-state index >= 15 is 0 Å². The second-order valence-electron chi connectivity index (χ2n) is 6.03. The molecule has 0 radical (unpaired) electrons. The van der Waals surface area contributed by atoms with Crippen LogP contribution >= 0.6 is 0 Å². The minimum Gasteiger partial charge on any atom is -0.322 e. The summed E-state index contributed by atoms with van der Waals surface area (Å²) in [7, 11) is 0. The number of fused-ring (bicyclic) bond motifs is 1. The van der Waals surface area contributed by atoms with E-state index in [0.717, 1.165) is 22.0 Å². The predicted molar refractivity (Wildman–Crippen MR) is 109 cm³/mol. The number of nitrogens with one attached hydrogen (secondary N) is 1. The number of carbonyl (C=O) groups is 1. The van der Waals surface area contributed by atoms with Crippen molar-refractivity contribution in [2.75, 3.05) is 5.32 Å². The molecule has 0 spiro atoms. The minimum atomic E-state index is -0.165. The van der Waals surface area contributed by atoms with E-state index in [9.17, 15) is 4.79 Å². The van der Waals surface area contributed by atoms with Crippen LogP contribution in [0, 0.1) is 11.8 Å². The summed E-state index contributed by atoms with van der Waals surface area (Å²) >= 11 is 0. The molecule has 3 aromatic carbocycles. The summed E-state index contributed by atoms with van der Waals surface area (Å²) in [5, 5.41) is 3.79. The summed E-state index contributed by atoms with van der Waals surface area (Å²) in [5.41, 5.74) is 3.90. The van der Waals surface area contributed by atoms with Crippen molar-refractivity contribution in [1.29, 1.82) is 0 Å². The molecule has 1 aromatic heterocycles. The van der Waals surface area contributed by atoms with E-state index in [4.69, 9.17) is 0 Å². The molecule has 4 rings (SSSR count). The molecule has 1 heterocycles. The lowest BCUT2D eigenvalue weighted by Crippen LogP contribution is -2.12. The fourth-order valence-corrected chi connectivity index (χ4v) is 2.84. The first kappa shape index (κ1) is 16.6. The maximum Gasteiger partial charge on any atom is 0.256 e. The molecule has 0 fully saturated rings. The van der Waals surface area contributed by atoms with E-state index in [1.807, 2.05) is 78.9 Å². The Labute approximate surface area is 157 Å². The Morgan fingerprint density at radius 1 is 0.778 bits per heavy atom. The first-order valence-electron chi connectivity index (χ1n) is 8.62. The fourth-order valence-electron chi connectivity index (χ4n) is 2.84. The molecule has 0 saturated heterocycles. The van der Waals surface area contributed by atoms with Gasteiger partial charge in [-0.05, 0) is 48.5 Å². The van der Waals surface area contributed by atoms with Crippen LogP contribution in [0.2, 0.25) is 0 Å². The van der Waals surface area contributed by atoms with Crippen LogP contribution in [0.25, 0.3) is 10.9 Å². The molecule has 0 bridgehead atoms. The molecule has 3 nitrogen and oxygen atoms in total. The first-order valence-corrected chi connectivity index (χ1v) is 8.62. The maximum absolute atomic E-state index is 12.7. The van der Waals surface area contributed by atoms with Crippen LogP contribution in [0.3, 0.4) is 0 Å². The zero-order valence-corrected chi connectivity index (χ0v) is 14.5. The van der Waals surface area contributed by atoms with Crippen molar-refractivity contribution in [3.8, 4) is 11.8 Å². The average molecular weight is 348 g/mol. The molecular formula is C24H16N2O. The normalized spacial score (nSPS) is 10.1. The van der Waals surface area contributed by atoms with Crippen LogP contribution < -0.4 is 5.32 Å². The third-order valence-electron chi connectivity index (χ3n) is 4.14. The zero-order chi connectivity index (χ0) is 18.5. The van der Waals surface area contributed by atoms with E-state index in [2.05, 4.69) is 22.1 Å². The van der Waals surface area contributed by atoms with Gasteiger partial charge in [-0.25, -0.2) is 0 Å². The fraction of sp³-hybridized carbons (Fsp3) is 0. The maximum atomic E-state index is 12.7. The van der Waals surface area contributed by atoms with Gasteiger partial charge in [-0.3, -0.25) is 9.78 Å². The molecule has 3 heteroatoms. The summed E-state index contributed by atoms with van der Waals surface area (Å²) in [6.07, 6.45) is 1.72. The molecule has 1 N–H and O–H groups in total. The van der Waals surface area contributed by atoms with Crippen molar-refractivity contribution in [3.05, 3.63) is 108 Å². The number of carbonyl (C=O) groups excluding carboxylic acids is 1. The highest BCUT2D eigenvalue weighted by atomic mass is 16.1. The molecule has 27 heavy (non-hydrogen) atoms.